The average Bonchev–Trinajstić information content (AvgIpc) is 3.71. The fourth-order valence-corrected chi connectivity index (χ4v) is 3.67. The molecule has 198 valence electrons. The highest BCUT2D eigenvalue weighted by Crippen LogP contribution is 2.28. The zero-order valence-corrected chi connectivity index (χ0v) is 23.8. The third-order valence-electron chi connectivity index (χ3n) is 6.60. The van der Waals surface area contributed by atoms with Gasteiger partial charge < -0.3 is 10.1 Å². The number of nitriles is 1. The summed E-state index contributed by atoms with van der Waals surface area (Å²) in [5.41, 5.74) is 5.89. The predicted octanol–water partition coefficient (Wildman–Crippen LogP) is 8.40. The quantitative estimate of drug-likeness (QED) is 0.128. The van der Waals surface area contributed by atoms with Crippen molar-refractivity contribution in [3.63, 3.8) is 0 Å². The van der Waals surface area contributed by atoms with E-state index in [0.29, 0.717) is 23.1 Å². The molecule has 5 nitrogen and oxygen atoms in total. The van der Waals surface area contributed by atoms with Gasteiger partial charge in [-0.3, -0.25) is 9.98 Å². The van der Waals surface area contributed by atoms with Gasteiger partial charge >= 0.3 is 0 Å². The summed E-state index contributed by atoms with van der Waals surface area (Å²) in [5, 5.41) is 13.0. The van der Waals surface area contributed by atoms with Crippen molar-refractivity contribution < 1.29 is 4.74 Å². The molecule has 0 spiro atoms. The molecule has 1 aliphatic carbocycles. The van der Waals surface area contributed by atoms with Crippen molar-refractivity contribution in [1.29, 1.82) is 5.26 Å². The van der Waals surface area contributed by atoms with Gasteiger partial charge in [0.25, 0.3) is 0 Å². The van der Waals surface area contributed by atoms with Crippen LogP contribution in [0.4, 0.5) is 0 Å². The molecular formula is C32H44N4O. The number of rotatable bonds is 13. The van der Waals surface area contributed by atoms with E-state index in [2.05, 4.69) is 59.5 Å². The highest BCUT2D eigenvalue weighted by molar-refractivity contribution is 6.05. The molecule has 1 N–H and O–H groups in total. The molecule has 1 unspecified atom stereocenters. The lowest BCUT2D eigenvalue weighted by atomic mass is 9.94. The van der Waals surface area contributed by atoms with Crippen LogP contribution < -0.4 is 10.1 Å². The summed E-state index contributed by atoms with van der Waals surface area (Å²) < 4.78 is 6.40. The summed E-state index contributed by atoms with van der Waals surface area (Å²) in [5.74, 6) is 2.33. The number of nitrogens with one attached hydrogen (secondary N) is 1. The van der Waals surface area contributed by atoms with E-state index in [1.165, 1.54) is 5.57 Å². The van der Waals surface area contributed by atoms with E-state index in [-0.39, 0.29) is 5.92 Å². The number of benzene rings is 1. The van der Waals surface area contributed by atoms with Gasteiger partial charge in [0.1, 0.15) is 17.3 Å². The molecule has 2 rings (SSSR count). The smallest absolute Gasteiger partial charge is 0.137 e. The minimum atomic E-state index is 0.210. The Balaban J connectivity index is 2.51. The van der Waals surface area contributed by atoms with Crippen LogP contribution in [-0.4, -0.2) is 17.6 Å². The molecule has 1 atom stereocenters. The lowest BCUT2D eigenvalue weighted by Gasteiger charge is -2.18. The van der Waals surface area contributed by atoms with Crippen molar-refractivity contribution in [2.45, 2.75) is 93.0 Å². The Morgan fingerprint density at radius 2 is 1.97 bits per heavy atom. The maximum atomic E-state index is 9.57. The van der Waals surface area contributed by atoms with Gasteiger partial charge in [-0.15, -0.1) is 0 Å². The summed E-state index contributed by atoms with van der Waals surface area (Å²) in [7, 11) is 0. The molecule has 1 aromatic carbocycles. The zero-order valence-electron chi connectivity index (χ0n) is 23.8. The topological polar surface area (TPSA) is 69.8 Å². The second-order valence-electron chi connectivity index (χ2n) is 9.79. The standard InChI is InChI=1S/C32H44N4O/c1-9-13-26(12-4)21-34-32(23(6)11-3)29-17-14-27(20-33)19-30(29)37-24(7)18-31(36-28-15-16-28)35-25(8)22(5)10-2/h12,14,17-19,21,23,28H,4,9-11,13,15-16H2,1-3,5-8H3,(H,35,36)/b24-18+,25-22+,26-21+,34-32?. The average molecular weight is 501 g/mol. The lowest BCUT2D eigenvalue weighted by molar-refractivity contribution is 0.427. The first-order valence-corrected chi connectivity index (χ1v) is 13.6. The van der Waals surface area contributed by atoms with Crippen LogP contribution in [0, 0.1) is 17.2 Å². The zero-order chi connectivity index (χ0) is 27.4. The number of hydrogen-bond donors (Lipinski definition) is 1. The van der Waals surface area contributed by atoms with Gasteiger partial charge in [-0.1, -0.05) is 52.3 Å². The molecule has 1 aliphatic rings. The van der Waals surface area contributed by atoms with Gasteiger partial charge in [-0.25, -0.2) is 0 Å². The first kappa shape index (κ1) is 29.8. The van der Waals surface area contributed by atoms with Crippen LogP contribution in [0.3, 0.4) is 0 Å². The minimum absolute atomic E-state index is 0.210. The van der Waals surface area contributed by atoms with Gasteiger partial charge in [0.2, 0.25) is 0 Å². The molecule has 0 saturated heterocycles. The third kappa shape index (κ3) is 9.53. The highest BCUT2D eigenvalue weighted by Gasteiger charge is 2.21. The van der Waals surface area contributed by atoms with Gasteiger partial charge in [0, 0.05) is 23.5 Å². The van der Waals surface area contributed by atoms with E-state index >= 15 is 0 Å². The second-order valence-corrected chi connectivity index (χ2v) is 9.79. The predicted molar refractivity (Wildman–Crippen MR) is 157 cm³/mol. The molecule has 1 fully saturated rings. The Labute approximate surface area is 224 Å². The van der Waals surface area contributed by atoms with Crippen LogP contribution in [0.1, 0.15) is 98.1 Å². The first-order chi connectivity index (χ1) is 17.8. The molecule has 37 heavy (non-hydrogen) atoms. The van der Waals surface area contributed by atoms with Crippen molar-refractivity contribution in [2.24, 2.45) is 15.9 Å². The molecule has 0 heterocycles. The van der Waals surface area contributed by atoms with Crippen LogP contribution in [0.2, 0.25) is 0 Å². The monoisotopic (exact) mass is 500 g/mol. The molecule has 1 aromatic rings. The minimum Gasteiger partial charge on any atom is -0.461 e. The van der Waals surface area contributed by atoms with E-state index in [1.807, 2.05) is 37.4 Å². The summed E-state index contributed by atoms with van der Waals surface area (Å²) in [6, 6.07) is 8.18. The number of hydrogen-bond acceptors (Lipinski definition) is 4. The van der Waals surface area contributed by atoms with Crippen LogP contribution in [-0.2, 0) is 0 Å². The van der Waals surface area contributed by atoms with Crippen molar-refractivity contribution in [1.82, 2.24) is 5.32 Å². The largest absolute Gasteiger partial charge is 0.461 e. The van der Waals surface area contributed by atoms with E-state index in [4.69, 9.17) is 14.7 Å². The summed E-state index contributed by atoms with van der Waals surface area (Å²) in [6.45, 7) is 18.7. The third-order valence-corrected chi connectivity index (χ3v) is 6.60. The summed E-state index contributed by atoms with van der Waals surface area (Å²) >= 11 is 0. The Bertz CT molecular complexity index is 1140. The number of amidine groups is 1. The summed E-state index contributed by atoms with van der Waals surface area (Å²) in [4.78, 5) is 9.77. The second kappa shape index (κ2) is 15.0. The number of allylic oxidation sites excluding steroid dienone is 5. The van der Waals surface area contributed by atoms with Crippen molar-refractivity contribution >= 4 is 11.5 Å². The molecule has 0 radical (unpaired) electrons. The molecule has 0 bridgehead atoms. The first-order valence-electron chi connectivity index (χ1n) is 13.6. The van der Waals surface area contributed by atoms with E-state index in [9.17, 15) is 5.26 Å². The number of ether oxygens (including phenoxy) is 1. The number of aliphatic imine (C=N–C) groups is 2. The van der Waals surface area contributed by atoms with Crippen molar-refractivity contribution in [2.75, 3.05) is 0 Å². The highest BCUT2D eigenvalue weighted by atomic mass is 16.5. The van der Waals surface area contributed by atoms with E-state index in [0.717, 1.165) is 66.9 Å². The number of nitrogens with zero attached hydrogens (tertiary/aromatic N) is 3. The fraction of sp³-hybridized carbons (Fsp3) is 0.469. The molecule has 5 heteroatoms. The Morgan fingerprint density at radius 1 is 1.24 bits per heavy atom. The van der Waals surface area contributed by atoms with Gasteiger partial charge in [0.05, 0.1) is 23.4 Å². The van der Waals surface area contributed by atoms with E-state index in [1.54, 1.807) is 6.07 Å². The van der Waals surface area contributed by atoms with Gasteiger partial charge in [-0.2, -0.15) is 5.26 Å². The molecular weight excluding hydrogens is 456 g/mol. The van der Waals surface area contributed by atoms with Crippen molar-refractivity contribution in [3.8, 4) is 11.8 Å². The Morgan fingerprint density at radius 3 is 2.54 bits per heavy atom. The van der Waals surface area contributed by atoms with Crippen LogP contribution in [0.5, 0.6) is 5.75 Å². The fourth-order valence-electron chi connectivity index (χ4n) is 3.67. The van der Waals surface area contributed by atoms with Crippen LogP contribution in [0.15, 0.2) is 75.7 Å². The normalized spacial score (nSPS) is 16.6. The van der Waals surface area contributed by atoms with Crippen LogP contribution >= 0.6 is 0 Å². The van der Waals surface area contributed by atoms with Gasteiger partial charge in [0.15, 0.2) is 0 Å². The molecule has 1 saturated carbocycles. The SMILES string of the molecule is C=C/C(=C\N=C(c1ccc(C#N)cc1O/C(C)=C/C(=NC1CC1)N/C(C)=C(\C)CC)C(C)CC)CCC. The maximum Gasteiger partial charge on any atom is 0.137 e. The van der Waals surface area contributed by atoms with Crippen molar-refractivity contribution in [3.05, 3.63) is 76.9 Å². The molecule has 0 aromatic heterocycles. The Kier molecular flexibility index (Phi) is 12.1. The molecule has 0 amide bonds. The summed E-state index contributed by atoms with van der Waals surface area (Å²) in [6.07, 6.45) is 11.9. The molecule has 0 aliphatic heterocycles. The van der Waals surface area contributed by atoms with Crippen LogP contribution in [0.25, 0.3) is 0 Å². The maximum absolute atomic E-state index is 9.57. The Hall–Kier alpha value is -3.39. The van der Waals surface area contributed by atoms with E-state index < -0.39 is 0 Å². The van der Waals surface area contributed by atoms with Gasteiger partial charge in [-0.05, 0) is 82.6 Å². The lowest BCUT2D eigenvalue weighted by Crippen LogP contribution is -2.22.